The third-order valence-electron chi connectivity index (χ3n) is 4.64. The number of hydrogen-bond donors (Lipinski definition) is 1. The first-order valence-corrected chi connectivity index (χ1v) is 8.03. The molecule has 1 aliphatic rings. The van der Waals surface area contributed by atoms with Crippen molar-refractivity contribution in [1.82, 2.24) is 24.7 Å². The van der Waals surface area contributed by atoms with Crippen LogP contribution in [0.3, 0.4) is 0 Å². The summed E-state index contributed by atoms with van der Waals surface area (Å²) in [5, 5.41) is 7.62. The number of aryl methyl sites for hydroxylation is 1. The third kappa shape index (κ3) is 2.09. The highest BCUT2D eigenvalue weighted by Gasteiger charge is 2.45. The summed E-state index contributed by atoms with van der Waals surface area (Å²) in [4.78, 5) is 10.1. The molecule has 1 N–H and O–H groups in total. The Hall–Kier alpha value is -3.10. The van der Waals surface area contributed by atoms with E-state index >= 15 is 0 Å². The highest BCUT2D eigenvalue weighted by Crippen LogP contribution is 2.33. The van der Waals surface area contributed by atoms with Gasteiger partial charge in [-0.3, -0.25) is 5.10 Å². The van der Waals surface area contributed by atoms with Gasteiger partial charge >= 0.3 is 0 Å². The molecule has 0 radical (unpaired) electrons. The smallest absolute Gasteiger partial charge is 0.282 e. The van der Waals surface area contributed by atoms with Gasteiger partial charge in [0.05, 0.1) is 53.4 Å². The van der Waals surface area contributed by atoms with Gasteiger partial charge in [-0.25, -0.2) is 23.1 Å². The van der Waals surface area contributed by atoms with Crippen LogP contribution in [0.15, 0.2) is 30.6 Å². The maximum absolute atomic E-state index is 13.7. The van der Waals surface area contributed by atoms with Crippen LogP contribution < -0.4 is 4.90 Å². The Labute approximate surface area is 145 Å². The van der Waals surface area contributed by atoms with Gasteiger partial charge in [0, 0.05) is 5.39 Å². The van der Waals surface area contributed by atoms with Crippen LogP contribution in [0.2, 0.25) is 0 Å². The first kappa shape index (κ1) is 15.2. The molecule has 132 valence electrons. The van der Waals surface area contributed by atoms with Crippen molar-refractivity contribution in [1.29, 1.82) is 0 Å². The van der Waals surface area contributed by atoms with E-state index in [9.17, 15) is 13.2 Å². The maximum Gasteiger partial charge on any atom is 0.282 e. The molecule has 0 aliphatic carbocycles. The lowest BCUT2D eigenvalue weighted by Gasteiger charge is -2.38. The number of alkyl halides is 2. The summed E-state index contributed by atoms with van der Waals surface area (Å²) >= 11 is 0. The number of fused-ring (bicyclic) bond motifs is 3. The number of rotatable bonds is 2. The second kappa shape index (κ2) is 4.96. The van der Waals surface area contributed by atoms with Gasteiger partial charge in [0.15, 0.2) is 0 Å². The number of aromatic amines is 1. The Bertz CT molecular complexity index is 1150. The van der Waals surface area contributed by atoms with Crippen LogP contribution in [0.1, 0.15) is 5.69 Å². The summed E-state index contributed by atoms with van der Waals surface area (Å²) in [6.07, 6.45) is 3.25. The Morgan fingerprint density at radius 2 is 1.96 bits per heavy atom. The molecule has 4 aromatic rings. The van der Waals surface area contributed by atoms with Gasteiger partial charge in [0.2, 0.25) is 5.95 Å². The molecule has 1 aromatic carbocycles. The summed E-state index contributed by atoms with van der Waals surface area (Å²) in [6.45, 7) is 1.05. The SMILES string of the molecule is Cc1nc(N2CC(F)(F)C2)ncc1-n1c2ccc(F)cc2c2[nH]ncc21. The van der Waals surface area contributed by atoms with Gasteiger partial charge in [-0.05, 0) is 25.1 Å². The van der Waals surface area contributed by atoms with Gasteiger partial charge in [0.1, 0.15) is 5.82 Å². The number of aromatic nitrogens is 5. The van der Waals surface area contributed by atoms with Gasteiger partial charge in [-0.15, -0.1) is 0 Å². The summed E-state index contributed by atoms with van der Waals surface area (Å²) in [5.41, 5.74) is 3.58. The minimum Gasteiger partial charge on any atom is -0.329 e. The van der Waals surface area contributed by atoms with E-state index in [1.165, 1.54) is 17.0 Å². The molecule has 6 nitrogen and oxygen atoms in total. The minimum atomic E-state index is -2.68. The van der Waals surface area contributed by atoms with Crippen LogP contribution >= 0.6 is 0 Å². The van der Waals surface area contributed by atoms with Crippen LogP contribution in [0.4, 0.5) is 19.1 Å². The standard InChI is InChI=1S/C17H13F3N6/c1-9-13(5-21-16(23-9)25-7-17(19,20)8-25)26-12-3-2-10(18)4-11(12)15-14(26)6-22-24-15/h2-6H,7-8H2,1H3,(H,22,24). The van der Waals surface area contributed by atoms with Gasteiger partial charge in [-0.1, -0.05) is 0 Å². The predicted molar refractivity (Wildman–Crippen MR) is 90.4 cm³/mol. The van der Waals surface area contributed by atoms with Crippen molar-refractivity contribution >= 4 is 27.9 Å². The molecule has 0 spiro atoms. The van der Waals surface area contributed by atoms with Crippen molar-refractivity contribution < 1.29 is 13.2 Å². The van der Waals surface area contributed by atoms with Crippen LogP contribution in [-0.2, 0) is 0 Å². The summed E-state index contributed by atoms with van der Waals surface area (Å²) in [6, 6.07) is 4.51. The second-order valence-corrected chi connectivity index (χ2v) is 6.48. The van der Waals surface area contributed by atoms with Crippen molar-refractivity contribution in [3.63, 3.8) is 0 Å². The fraction of sp³-hybridized carbons (Fsp3) is 0.235. The predicted octanol–water partition coefficient (Wildman–Crippen LogP) is 3.20. The van der Waals surface area contributed by atoms with Crippen LogP contribution in [0.5, 0.6) is 0 Å². The number of benzene rings is 1. The molecule has 26 heavy (non-hydrogen) atoms. The van der Waals surface area contributed by atoms with E-state index in [0.29, 0.717) is 22.3 Å². The normalized spacial score (nSPS) is 16.4. The van der Waals surface area contributed by atoms with E-state index < -0.39 is 5.92 Å². The van der Waals surface area contributed by atoms with Gasteiger partial charge in [-0.2, -0.15) is 5.10 Å². The first-order chi connectivity index (χ1) is 12.4. The molecule has 0 saturated carbocycles. The Morgan fingerprint density at radius 3 is 2.69 bits per heavy atom. The second-order valence-electron chi connectivity index (χ2n) is 6.48. The molecule has 5 rings (SSSR count). The lowest BCUT2D eigenvalue weighted by atomic mass is 10.2. The lowest BCUT2D eigenvalue weighted by Crippen LogP contribution is -2.57. The molecular weight excluding hydrogens is 345 g/mol. The number of hydrogen-bond acceptors (Lipinski definition) is 4. The van der Waals surface area contributed by atoms with Crippen LogP contribution in [0, 0.1) is 12.7 Å². The number of anilines is 1. The fourth-order valence-corrected chi connectivity index (χ4v) is 3.41. The number of nitrogens with one attached hydrogen (secondary N) is 1. The van der Waals surface area contributed by atoms with Crippen molar-refractivity contribution in [2.24, 2.45) is 0 Å². The quantitative estimate of drug-likeness (QED) is 0.598. The average molecular weight is 358 g/mol. The molecular formula is C17H13F3N6. The van der Waals surface area contributed by atoms with E-state index in [4.69, 9.17) is 0 Å². The zero-order chi connectivity index (χ0) is 18.1. The molecule has 1 aliphatic heterocycles. The monoisotopic (exact) mass is 358 g/mol. The van der Waals surface area contributed by atoms with Gasteiger partial charge in [0.25, 0.3) is 5.92 Å². The van der Waals surface area contributed by atoms with E-state index in [1.54, 1.807) is 25.4 Å². The van der Waals surface area contributed by atoms with E-state index in [0.717, 1.165) is 11.0 Å². The molecule has 3 aromatic heterocycles. The highest BCUT2D eigenvalue weighted by molar-refractivity contribution is 6.06. The number of halogens is 3. The highest BCUT2D eigenvalue weighted by atomic mass is 19.3. The Balaban J connectivity index is 1.67. The summed E-state index contributed by atoms with van der Waals surface area (Å²) < 4.78 is 41.7. The third-order valence-corrected chi connectivity index (χ3v) is 4.64. The summed E-state index contributed by atoms with van der Waals surface area (Å²) in [5.74, 6) is -2.74. The average Bonchev–Trinajstić information content (AvgIpc) is 3.14. The van der Waals surface area contributed by atoms with E-state index in [-0.39, 0.29) is 24.9 Å². The van der Waals surface area contributed by atoms with Crippen molar-refractivity contribution in [3.8, 4) is 5.69 Å². The van der Waals surface area contributed by atoms with Gasteiger partial charge < -0.3 is 9.47 Å². The minimum absolute atomic E-state index is 0.281. The van der Waals surface area contributed by atoms with E-state index in [1.807, 2.05) is 4.57 Å². The molecule has 0 unspecified atom stereocenters. The molecule has 9 heteroatoms. The summed E-state index contributed by atoms with van der Waals surface area (Å²) in [7, 11) is 0. The zero-order valence-corrected chi connectivity index (χ0v) is 13.7. The fourth-order valence-electron chi connectivity index (χ4n) is 3.41. The first-order valence-electron chi connectivity index (χ1n) is 8.03. The molecule has 0 atom stereocenters. The van der Waals surface area contributed by atoms with E-state index in [2.05, 4.69) is 20.2 Å². The van der Waals surface area contributed by atoms with Crippen molar-refractivity contribution in [2.45, 2.75) is 12.8 Å². The van der Waals surface area contributed by atoms with Crippen LogP contribution in [0.25, 0.3) is 27.6 Å². The number of H-pyrrole nitrogens is 1. The Kier molecular flexibility index (Phi) is 2.90. The Morgan fingerprint density at radius 1 is 1.15 bits per heavy atom. The van der Waals surface area contributed by atoms with Crippen molar-refractivity contribution in [3.05, 3.63) is 42.1 Å². The van der Waals surface area contributed by atoms with Crippen molar-refractivity contribution in [2.75, 3.05) is 18.0 Å². The lowest BCUT2D eigenvalue weighted by molar-refractivity contribution is -0.0271. The largest absolute Gasteiger partial charge is 0.329 e. The molecule has 0 bridgehead atoms. The van der Waals surface area contributed by atoms with Crippen LogP contribution in [-0.4, -0.2) is 43.7 Å². The molecule has 4 heterocycles. The molecule has 1 fully saturated rings. The number of nitrogens with zero attached hydrogens (tertiary/aromatic N) is 5. The molecule has 0 amide bonds. The maximum atomic E-state index is 13.7. The molecule has 1 saturated heterocycles. The topological polar surface area (TPSA) is 62.6 Å². The zero-order valence-electron chi connectivity index (χ0n) is 13.7.